The van der Waals surface area contributed by atoms with E-state index in [1.165, 1.54) is 23.1 Å². The Labute approximate surface area is 127 Å². The summed E-state index contributed by atoms with van der Waals surface area (Å²) in [6, 6.07) is 3.88. The number of tetrazole rings is 1. The van der Waals surface area contributed by atoms with Gasteiger partial charge in [-0.15, -0.1) is 5.10 Å². The second-order valence-electron chi connectivity index (χ2n) is 4.94. The zero-order valence-corrected chi connectivity index (χ0v) is 12.5. The second kappa shape index (κ2) is 7.60. The molecule has 0 saturated heterocycles. The van der Waals surface area contributed by atoms with Crippen molar-refractivity contribution in [2.75, 3.05) is 13.2 Å². The lowest BCUT2D eigenvalue weighted by atomic mass is 10.1. The van der Waals surface area contributed by atoms with Crippen molar-refractivity contribution >= 4 is 5.91 Å². The minimum atomic E-state index is -0.495. The Kier molecular flexibility index (Phi) is 5.54. The van der Waals surface area contributed by atoms with Crippen molar-refractivity contribution < 1.29 is 13.9 Å². The lowest BCUT2D eigenvalue weighted by molar-refractivity contribution is 0.0757. The van der Waals surface area contributed by atoms with Crippen LogP contribution in [0.3, 0.4) is 0 Å². The van der Waals surface area contributed by atoms with Crippen molar-refractivity contribution in [1.29, 1.82) is 0 Å². The van der Waals surface area contributed by atoms with E-state index in [4.69, 9.17) is 4.74 Å². The molecule has 7 nitrogen and oxygen atoms in total. The van der Waals surface area contributed by atoms with Crippen molar-refractivity contribution in [3.63, 3.8) is 0 Å². The fraction of sp³-hybridized carbons (Fsp3) is 0.429. The Morgan fingerprint density at radius 3 is 2.95 bits per heavy atom. The summed E-state index contributed by atoms with van der Waals surface area (Å²) in [6.07, 6.45) is 2.19. The summed E-state index contributed by atoms with van der Waals surface area (Å²) >= 11 is 0. The number of nitrogens with one attached hydrogen (secondary N) is 1. The van der Waals surface area contributed by atoms with Gasteiger partial charge in [-0.25, -0.2) is 4.39 Å². The number of nitrogens with zero attached hydrogens (tertiary/aromatic N) is 4. The molecule has 1 N–H and O–H groups in total. The minimum absolute atomic E-state index is 0.158. The van der Waals surface area contributed by atoms with E-state index in [0.29, 0.717) is 25.3 Å². The van der Waals surface area contributed by atoms with Crippen LogP contribution >= 0.6 is 0 Å². The van der Waals surface area contributed by atoms with Crippen LogP contribution in [-0.2, 0) is 4.74 Å². The molecular weight excluding hydrogens is 289 g/mol. The van der Waals surface area contributed by atoms with Gasteiger partial charge in [0.15, 0.2) is 0 Å². The third-order valence-electron chi connectivity index (χ3n) is 2.86. The molecule has 1 aromatic carbocycles. The normalized spacial score (nSPS) is 10.9. The summed E-state index contributed by atoms with van der Waals surface area (Å²) < 4.78 is 20.1. The molecule has 0 fully saturated rings. The molecule has 0 saturated carbocycles. The van der Waals surface area contributed by atoms with Gasteiger partial charge in [-0.3, -0.25) is 4.79 Å². The molecule has 1 amide bonds. The smallest absolute Gasteiger partial charge is 0.253 e. The van der Waals surface area contributed by atoms with E-state index >= 15 is 0 Å². The average Bonchev–Trinajstić information content (AvgIpc) is 3.00. The van der Waals surface area contributed by atoms with Crippen LogP contribution in [0.4, 0.5) is 4.39 Å². The van der Waals surface area contributed by atoms with Crippen molar-refractivity contribution in [3.05, 3.63) is 35.9 Å². The Morgan fingerprint density at radius 2 is 2.27 bits per heavy atom. The van der Waals surface area contributed by atoms with Crippen LogP contribution < -0.4 is 5.32 Å². The molecule has 0 aliphatic carbocycles. The third-order valence-corrected chi connectivity index (χ3v) is 2.86. The Morgan fingerprint density at radius 1 is 1.45 bits per heavy atom. The minimum Gasteiger partial charge on any atom is -0.379 e. The lowest BCUT2D eigenvalue weighted by Gasteiger charge is -2.10. The van der Waals surface area contributed by atoms with E-state index in [1.54, 1.807) is 0 Å². The molecule has 22 heavy (non-hydrogen) atoms. The van der Waals surface area contributed by atoms with E-state index in [1.807, 2.05) is 13.8 Å². The van der Waals surface area contributed by atoms with Crippen molar-refractivity contribution in [2.24, 2.45) is 0 Å². The summed E-state index contributed by atoms with van der Waals surface area (Å²) in [6.45, 7) is 4.89. The largest absolute Gasteiger partial charge is 0.379 e. The number of rotatable bonds is 7. The SMILES string of the molecule is CC(C)OCCCNC(=O)c1cc(F)ccc1-n1cnnn1. The molecule has 8 heteroatoms. The fourth-order valence-corrected chi connectivity index (χ4v) is 1.85. The van der Waals surface area contributed by atoms with Gasteiger partial charge >= 0.3 is 0 Å². The first-order valence-electron chi connectivity index (χ1n) is 7.00. The van der Waals surface area contributed by atoms with Gasteiger partial charge in [0.2, 0.25) is 0 Å². The number of halogens is 1. The first-order valence-corrected chi connectivity index (χ1v) is 7.00. The average molecular weight is 307 g/mol. The molecule has 0 bridgehead atoms. The molecule has 0 spiro atoms. The topological polar surface area (TPSA) is 81.9 Å². The van der Waals surface area contributed by atoms with E-state index < -0.39 is 5.82 Å². The summed E-state index contributed by atoms with van der Waals surface area (Å²) in [5.74, 6) is -0.875. The highest BCUT2D eigenvalue weighted by atomic mass is 19.1. The Balaban J connectivity index is 2.01. The zero-order chi connectivity index (χ0) is 15.9. The molecule has 0 atom stereocenters. The molecule has 1 heterocycles. The van der Waals surface area contributed by atoms with E-state index in [2.05, 4.69) is 20.8 Å². The van der Waals surface area contributed by atoms with Crippen LogP contribution in [0.25, 0.3) is 5.69 Å². The van der Waals surface area contributed by atoms with Gasteiger partial charge in [-0.1, -0.05) is 0 Å². The zero-order valence-electron chi connectivity index (χ0n) is 12.5. The van der Waals surface area contributed by atoms with Gasteiger partial charge in [0, 0.05) is 13.2 Å². The number of aromatic nitrogens is 4. The summed E-state index contributed by atoms with van der Waals surface area (Å²) in [4.78, 5) is 12.2. The maximum atomic E-state index is 13.4. The molecule has 118 valence electrons. The Hall–Kier alpha value is -2.35. The molecule has 2 rings (SSSR count). The maximum Gasteiger partial charge on any atom is 0.253 e. The lowest BCUT2D eigenvalue weighted by Crippen LogP contribution is -2.27. The predicted molar refractivity (Wildman–Crippen MR) is 77.2 cm³/mol. The predicted octanol–water partition coefficient (Wildman–Crippen LogP) is 1.35. The van der Waals surface area contributed by atoms with Crippen molar-refractivity contribution in [3.8, 4) is 5.69 Å². The standard InChI is InChI=1S/C14H18FN5O2/c1-10(2)22-7-3-6-16-14(21)12-8-11(15)4-5-13(12)20-9-17-18-19-20/h4-5,8-10H,3,6-7H2,1-2H3,(H,16,21). The summed E-state index contributed by atoms with van der Waals surface area (Å²) in [5, 5.41) is 13.5. The number of carbonyl (C=O) groups excluding carboxylic acids is 1. The number of amides is 1. The van der Waals surface area contributed by atoms with E-state index in [-0.39, 0.29) is 17.6 Å². The van der Waals surface area contributed by atoms with E-state index in [9.17, 15) is 9.18 Å². The van der Waals surface area contributed by atoms with Crippen LogP contribution in [0.15, 0.2) is 24.5 Å². The van der Waals surface area contributed by atoms with E-state index in [0.717, 1.165) is 6.07 Å². The van der Waals surface area contributed by atoms with Crippen LogP contribution in [0.2, 0.25) is 0 Å². The van der Waals surface area contributed by atoms with Gasteiger partial charge in [0.25, 0.3) is 5.91 Å². The van der Waals surface area contributed by atoms with Crippen LogP contribution in [0.5, 0.6) is 0 Å². The Bertz CT molecular complexity index is 616. The number of carbonyl (C=O) groups is 1. The molecule has 0 aliphatic heterocycles. The quantitative estimate of drug-likeness (QED) is 0.781. The highest BCUT2D eigenvalue weighted by Gasteiger charge is 2.14. The van der Waals surface area contributed by atoms with Gasteiger partial charge in [0.05, 0.1) is 17.4 Å². The van der Waals surface area contributed by atoms with Crippen LogP contribution in [0.1, 0.15) is 30.6 Å². The molecule has 0 unspecified atom stereocenters. The molecule has 0 aliphatic rings. The van der Waals surface area contributed by atoms with Crippen LogP contribution in [-0.4, -0.2) is 45.4 Å². The van der Waals surface area contributed by atoms with Gasteiger partial charge in [-0.2, -0.15) is 4.68 Å². The molecule has 1 aromatic heterocycles. The third kappa shape index (κ3) is 4.32. The van der Waals surface area contributed by atoms with Crippen molar-refractivity contribution in [2.45, 2.75) is 26.4 Å². The number of benzene rings is 1. The van der Waals surface area contributed by atoms with Gasteiger partial charge < -0.3 is 10.1 Å². The van der Waals surface area contributed by atoms with Gasteiger partial charge in [0.1, 0.15) is 12.1 Å². The summed E-state index contributed by atoms with van der Waals surface area (Å²) in [7, 11) is 0. The van der Waals surface area contributed by atoms with Gasteiger partial charge in [-0.05, 0) is 48.9 Å². The molecular formula is C14H18FN5O2. The maximum absolute atomic E-state index is 13.4. The fourth-order valence-electron chi connectivity index (χ4n) is 1.85. The highest BCUT2D eigenvalue weighted by molar-refractivity contribution is 5.97. The first kappa shape index (κ1) is 16.0. The monoisotopic (exact) mass is 307 g/mol. The molecule has 2 aromatic rings. The highest BCUT2D eigenvalue weighted by Crippen LogP contribution is 2.14. The number of ether oxygens (including phenoxy) is 1. The molecule has 0 radical (unpaired) electrons. The number of hydrogen-bond donors (Lipinski definition) is 1. The van der Waals surface area contributed by atoms with Crippen molar-refractivity contribution in [1.82, 2.24) is 25.5 Å². The van der Waals surface area contributed by atoms with Crippen LogP contribution in [0, 0.1) is 5.82 Å². The second-order valence-corrected chi connectivity index (χ2v) is 4.94. The summed E-state index contributed by atoms with van der Waals surface area (Å²) in [5.41, 5.74) is 0.597. The number of hydrogen-bond acceptors (Lipinski definition) is 5. The first-order chi connectivity index (χ1) is 10.6.